The highest BCUT2D eigenvalue weighted by molar-refractivity contribution is 6.57. The molecule has 2 N–H and O–H groups in total. The highest BCUT2D eigenvalue weighted by Crippen LogP contribution is 2.29. The van der Waals surface area contributed by atoms with Crippen LogP contribution in [0.15, 0.2) is 35.3 Å². The Labute approximate surface area is 175 Å². The molecule has 3 aromatic rings. The fraction of sp³-hybridized carbons (Fsp3) is 0.429. The zero-order chi connectivity index (χ0) is 21.6. The van der Waals surface area contributed by atoms with Crippen molar-refractivity contribution in [3.63, 3.8) is 0 Å². The molecule has 0 saturated heterocycles. The van der Waals surface area contributed by atoms with Crippen molar-refractivity contribution in [2.45, 2.75) is 44.9 Å². The zero-order valence-electron chi connectivity index (χ0n) is 18.7. The molecule has 29 heavy (non-hydrogen) atoms. The Morgan fingerprint density at radius 1 is 1.17 bits per heavy atom. The highest BCUT2D eigenvalue weighted by atomic mass is 16.5. The smallest absolute Gasteiger partial charge is 0.257 e. The minimum atomic E-state index is -0.416. The van der Waals surface area contributed by atoms with Gasteiger partial charge in [-0.25, -0.2) is 0 Å². The zero-order valence-corrected chi connectivity index (χ0v) is 18.7. The van der Waals surface area contributed by atoms with Crippen LogP contribution in [-0.2, 0) is 5.24 Å². The summed E-state index contributed by atoms with van der Waals surface area (Å²) in [6.07, 6.45) is 2.67. The van der Waals surface area contributed by atoms with Crippen LogP contribution < -0.4 is 16.0 Å². The number of benzene rings is 1. The molecule has 1 atom stereocenters. The van der Waals surface area contributed by atoms with Crippen LogP contribution in [0.2, 0.25) is 0 Å². The quantitative estimate of drug-likeness (QED) is 0.492. The molecule has 0 radical (unpaired) electrons. The van der Waals surface area contributed by atoms with Gasteiger partial charge in [0.05, 0.1) is 16.6 Å². The van der Waals surface area contributed by atoms with Crippen molar-refractivity contribution in [1.82, 2.24) is 9.55 Å². The van der Waals surface area contributed by atoms with Crippen molar-refractivity contribution in [3.05, 3.63) is 46.5 Å². The third-order valence-electron chi connectivity index (χ3n) is 5.16. The van der Waals surface area contributed by atoms with Crippen LogP contribution >= 0.6 is 0 Å². The van der Waals surface area contributed by atoms with Gasteiger partial charge in [-0.05, 0) is 61.1 Å². The van der Waals surface area contributed by atoms with E-state index in [9.17, 15) is 4.79 Å². The summed E-state index contributed by atoms with van der Waals surface area (Å²) in [6.45, 7) is 8.66. The lowest BCUT2D eigenvalue weighted by Crippen LogP contribution is -2.43. The van der Waals surface area contributed by atoms with Crippen LogP contribution in [0.5, 0.6) is 5.75 Å². The molecule has 0 saturated carbocycles. The first-order valence-corrected chi connectivity index (χ1v) is 10.3. The van der Waals surface area contributed by atoms with E-state index in [0.29, 0.717) is 23.7 Å². The number of pyridine rings is 2. The number of fused-ring (bicyclic) bond motifs is 3. The molecule has 0 aliphatic heterocycles. The first kappa shape index (κ1) is 21.5. The van der Waals surface area contributed by atoms with E-state index in [1.807, 2.05) is 66.2 Å². The van der Waals surface area contributed by atoms with E-state index in [4.69, 9.17) is 10.5 Å². The lowest BCUT2D eigenvalue weighted by Gasteiger charge is -2.27. The maximum Gasteiger partial charge on any atom is 0.257 e. The number of aromatic nitrogens is 2. The highest BCUT2D eigenvalue weighted by Gasteiger charge is 2.23. The van der Waals surface area contributed by atoms with Gasteiger partial charge in [-0.2, -0.15) is 0 Å². The summed E-state index contributed by atoms with van der Waals surface area (Å²) < 4.78 is 7.86. The third kappa shape index (κ3) is 4.37. The van der Waals surface area contributed by atoms with Crippen molar-refractivity contribution in [2.75, 3.05) is 6.61 Å². The monoisotopic (exact) mass is 389 g/mol. The summed E-state index contributed by atoms with van der Waals surface area (Å²) in [6, 6.07) is 7.72. The molecular formula is C21H30B3N3O2. The molecule has 1 aromatic carbocycles. The molecule has 150 valence electrons. The first-order chi connectivity index (χ1) is 13.4. The Morgan fingerprint density at radius 2 is 1.86 bits per heavy atom. The molecule has 3 rings (SSSR count). The van der Waals surface area contributed by atoms with Gasteiger partial charge in [0.15, 0.2) is 0 Å². The van der Waals surface area contributed by atoms with Gasteiger partial charge >= 0.3 is 0 Å². The van der Waals surface area contributed by atoms with Crippen molar-refractivity contribution < 1.29 is 4.74 Å². The van der Waals surface area contributed by atoms with E-state index in [0.717, 1.165) is 28.4 Å². The van der Waals surface area contributed by atoms with Crippen molar-refractivity contribution >= 4 is 45.2 Å². The maximum atomic E-state index is 13.5. The van der Waals surface area contributed by atoms with E-state index in [1.165, 1.54) is 0 Å². The standard InChI is InChI=1S/C21H30B3N3O2/c1-12(2)10-20(4,25)11-29-14-5-6-15-16-7-8-26-13(3)18(16)27(21(22,23)24)19(28)17(15)9-14/h5-9,12H,10-11,22-25H2,1-4H3/t20-/m0/s1. The molecule has 8 heteroatoms. The predicted molar refractivity (Wildman–Crippen MR) is 129 cm³/mol. The van der Waals surface area contributed by atoms with E-state index in [2.05, 4.69) is 18.8 Å². The largest absolute Gasteiger partial charge is 0.492 e. The van der Waals surface area contributed by atoms with Gasteiger partial charge in [0.25, 0.3) is 5.56 Å². The van der Waals surface area contributed by atoms with Crippen LogP contribution in [0, 0.1) is 12.8 Å². The molecule has 0 spiro atoms. The molecule has 5 nitrogen and oxygen atoms in total. The minimum absolute atomic E-state index is 0.0285. The fourth-order valence-corrected chi connectivity index (χ4v) is 4.18. The van der Waals surface area contributed by atoms with E-state index in [1.54, 1.807) is 6.20 Å². The lowest BCUT2D eigenvalue weighted by molar-refractivity contribution is 0.207. The van der Waals surface area contributed by atoms with E-state index >= 15 is 0 Å². The average Bonchev–Trinajstić information content (AvgIpc) is 2.59. The van der Waals surface area contributed by atoms with Gasteiger partial charge < -0.3 is 15.0 Å². The van der Waals surface area contributed by atoms with Gasteiger partial charge in [0.1, 0.15) is 35.9 Å². The van der Waals surface area contributed by atoms with Crippen LogP contribution in [-0.4, -0.2) is 45.2 Å². The normalized spacial score (nSPS) is 14.4. The molecule has 0 bridgehead atoms. The maximum absolute atomic E-state index is 13.5. The van der Waals surface area contributed by atoms with Gasteiger partial charge in [-0.3, -0.25) is 9.78 Å². The summed E-state index contributed by atoms with van der Waals surface area (Å²) in [5, 5.41) is 2.22. The number of ether oxygens (including phenoxy) is 1. The van der Waals surface area contributed by atoms with Crippen LogP contribution in [0.4, 0.5) is 0 Å². The number of hydrogen-bond acceptors (Lipinski definition) is 4. The topological polar surface area (TPSA) is 70.1 Å². The van der Waals surface area contributed by atoms with Gasteiger partial charge in [0.2, 0.25) is 0 Å². The third-order valence-corrected chi connectivity index (χ3v) is 5.16. The summed E-state index contributed by atoms with van der Waals surface area (Å²) in [5.74, 6) is 1.16. The summed E-state index contributed by atoms with van der Waals surface area (Å²) in [7, 11) is 6.12. The van der Waals surface area contributed by atoms with Crippen LogP contribution in [0.1, 0.15) is 32.9 Å². The van der Waals surface area contributed by atoms with Crippen molar-refractivity contribution in [3.8, 4) is 5.75 Å². The number of aryl methyl sites for hydroxylation is 1. The Morgan fingerprint density at radius 3 is 2.48 bits per heavy atom. The molecular weight excluding hydrogens is 359 g/mol. The summed E-state index contributed by atoms with van der Waals surface area (Å²) >= 11 is 0. The van der Waals surface area contributed by atoms with Crippen LogP contribution in [0.3, 0.4) is 0 Å². The Hall–Kier alpha value is -2.21. The summed E-state index contributed by atoms with van der Waals surface area (Å²) in [4.78, 5) is 17.9. The number of nitrogens with zero attached hydrogens (tertiary/aromatic N) is 2. The number of hydrogen-bond donors (Lipinski definition) is 1. The second-order valence-corrected chi connectivity index (χ2v) is 9.85. The van der Waals surface area contributed by atoms with Gasteiger partial charge in [-0.1, -0.05) is 13.8 Å². The molecule has 0 amide bonds. The number of nitrogens with two attached hydrogens (primary N) is 1. The Bertz CT molecular complexity index is 1120. The molecule has 2 aromatic heterocycles. The molecule has 0 unspecified atom stereocenters. The molecule has 0 aliphatic rings. The molecule has 0 fully saturated rings. The van der Waals surface area contributed by atoms with E-state index in [-0.39, 0.29) is 10.8 Å². The van der Waals surface area contributed by atoms with Crippen molar-refractivity contribution in [2.24, 2.45) is 11.7 Å². The SMILES string of the molecule is BC(B)(B)n1c(=O)c2cc(OC[C@@](C)(N)CC(C)C)ccc2c2ccnc(C)c21. The first-order valence-electron chi connectivity index (χ1n) is 10.3. The number of rotatable bonds is 6. The molecule has 0 aliphatic carbocycles. The second-order valence-electron chi connectivity index (χ2n) is 9.85. The lowest BCUT2D eigenvalue weighted by atomic mass is 9.49. The minimum Gasteiger partial charge on any atom is -0.492 e. The van der Waals surface area contributed by atoms with Crippen molar-refractivity contribution in [1.29, 1.82) is 0 Å². The Balaban J connectivity index is 2.15. The van der Waals surface area contributed by atoms with Crippen LogP contribution in [0.25, 0.3) is 21.7 Å². The fourth-order valence-electron chi connectivity index (χ4n) is 4.18. The predicted octanol–water partition coefficient (Wildman–Crippen LogP) is 0.468. The summed E-state index contributed by atoms with van der Waals surface area (Å²) in [5.41, 5.74) is 7.68. The molecule has 2 heterocycles. The Kier molecular flexibility index (Phi) is 5.61. The second kappa shape index (κ2) is 7.56. The van der Waals surface area contributed by atoms with Gasteiger partial charge in [0, 0.05) is 17.1 Å². The van der Waals surface area contributed by atoms with Gasteiger partial charge in [-0.15, -0.1) is 0 Å². The average molecular weight is 389 g/mol. The van der Waals surface area contributed by atoms with E-state index < -0.39 is 5.54 Å².